The maximum absolute atomic E-state index is 9.92. The zero-order valence-corrected chi connectivity index (χ0v) is 6.87. The standard InChI is InChI=1S/C7H11N3O2/c1-5-9-10-6(12-5)7(11)2-3-8-4-7/h8,11H,2-4H2,1H3/t7-/m0/s1. The Labute approximate surface area is 69.8 Å². The Bertz CT molecular complexity index is 278. The third kappa shape index (κ3) is 1.11. The molecule has 2 N–H and O–H groups in total. The molecule has 5 heteroatoms. The molecule has 0 amide bonds. The summed E-state index contributed by atoms with van der Waals surface area (Å²) < 4.78 is 5.16. The Hall–Kier alpha value is -0.940. The molecule has 0 saturated carbocycles. The number of β-amino-alcohol motifs (C(OH)–C–C–N with tert-alkyl or cyclic N) is 1. The van der Waals surface area contributed by atoms with E-state index in [9.17, 15) is 5.11 Å². The summed E-state index contributed by atoms with van der Waals surface area (Å²) in [4.78, 5) is 0. The normalized spacial score (nSPS) is 29.5. The van der Waals surface area contributed by atoms with Crippen molar-refractivity contribution in [3.63, 3.8) is 0 Å². The number of aryl methyl sites for hydroxylation is 1. The predicted molar refractivity (Wildman–Crippen MR) is 40.4 cm³/mol. The largest absolute Gasteiger partial charge is 0.422 e. The van der Waals surface area contributed by atoms with Gasteiger partial charge in [0, 0.05) is 13.5 Å². The predicted octanol–water partition coefficient (Wildman–Crippen LogP) is -0.441. The van der Waals surface area contributed by atoms with Gasteiger partial charge in [-0.25, -0.2) is 0 Å². The maximum atomic E-state index is 9.92. The molecule has 0 aromatic carbocycles. The van der Waals surface area contributed by atoms with Gasteiger partial charge in [0.2, 0.25) is 11.8 Å². The van der Waals surface area contributed by atoms with Crippen molar-refractivity contribution in [2.75, 3.05) is 13.1 Å². The molecule has 1 aromatic rings. The highest BCUT2D eigenvalue weighted by Gasteiger charge is 2.38. The van der Waals surface area contributed by atoms with E-state index in [1.165, 1.54) is 0 Å². The van der Waals surface area contributed by atoms with Crippen LogP contribution in [0.15, 0.2) is 4.42 Å². The van der Waals surface area contributed by atoms with Gasteiger partial charge in [-0.1, -0.05) is 0 Å². The Morgan fingerprint density at radius 3 is 2.92 bits per heavy atom. The van der Waals surface area contributed by atoms with Gasteiger partial charge in [-0.2, -0.15) is 0 Å². The van der Waals surface area contributed by atoms with Crippen LogP contribution < -0.4 is 5.32 Å². The lowest BCUT2D eigenvalue weighted by Gasteiger charge is -2.14. The summed E-state index contributed by atoms with van der Waals surface area (Å²) in [6.07, 6.45) is 0.634. The van der Waals surface area contributed by atoms with E-state index in [1.807, 2.05) is 0 Å². The fourth-order valence-electron chi connectivity index (χ4n) is 1.35. The maximum Gasteiger partial charge on any atom is 0.249 e. The first-order valence-corrected chi connectivity index (χ1v) is 3.94. The lowest BCUT2D eigenvalue weighted by molar-refractivity contribution is 0.0291. The molecule has 1 fully saturated rings. The van der Waals surface area contributed by atoms with E-state index in [0.29, 0.717) is 24.7 Å². The first-order valence-electron chi connectivity index (χ1n) is 3.94. The zero-order valence-electron chi connectivity index (χ0n) is 6.87. The highest BCUT2D eigenvalue weighted by Crippen LogP contribution is 2.25. The Morgan fingerprint density at radius 2 is 2.42 bits per heavy atom. The monoisotopic (exact) mass is 169 g/mol. The number of aliphatic hydroxyl groups is 1. The van der Waals surface area contributed by atoms with E-state index in [-0.39, 0.29) is 0 Å². The van der Waals surface area contributed by atoms with Crippen molar-refractivity contribution < 1.29 is 9.52 Å². The molecule has 1 aliphatic rings. The molecule has 0 bridgehead atoms. The van der Waals surface area contributed by atoms with Crippen LogP contribution in [0.4, 0.5) is 0 Å². The molecule has 0 radical (unpaired) electrons. The molecule has 0 spiro atoms. The van der Waals surface area contributed by atoms with Crippen molar-refractivity contribution >= 4 is 0 Å². The van der Waals surface area contributed by atoms with E-state index in [1.54, 1.807) is 6.92 Å². The van der Waals surface area contributed by atoms with Crippen molar-refractivity contribution in [1.29, 1.82) is 0 Å². The minimum absolute atomic E-state index is 0.324. The number of hydrogen-bond acceptors (Lipinski definition) is 5. The fraction of sp³-hybridized carbons (Fsp3) is 0.714. The molecular formula is C7H11N3O2. The quantitative estimate of drug-likeness (QED) is 0.596. The number of nitrogens with one attached hydrogen (secondary N) is 1. The zero-order chi connectivity index (χ0) is 8.60. The van der Waals surface area contributed by atoms with Gasteiger partial charge >= 0.3 is 0 Å². The summed E-state index contributed by atoms with van der Waals surface area (Å²) in [5, 5.41) is 20.4. The van der Waals surface area contributed by atoms with Crippen LogP contribution in [0.2, 0.25) is 0 Å². The van der Waals surface area contributed by atoms with Gasteiger partial charge in [0.25, 0.3) is 0 Å². The van der Waals surface area contributed by atoms with Gasteiger partial charge in [-0.15, -0.1) is 10.2 Å². The minimum Gasteiger partial charge on any atom is -0.422 e. The van der Waals surface area contributed by atoms with Crippen molar-refractivity contribution in [2.45, 2.75) is 18.9 Å². The lowest BCUT2D eigenvalue weighted by atomic mass is 10.0. The number of hydrogen-bond donors (Lipinski definition) is 2. The average Bonchev–Trinajstić information content (AvgIpc) is 2.59. The Balaban J connectivity index is 2.28. The summed E-state index contributed by atoms with van der Waals surface area (Å²) in [6, 6.07) is 0. The molecule has 1 aliphatic heterocycles. The lowest BCUT2D eigenvalue weighted by Crippen LogP contribution is -2.28. The van der Waals surface area contributed by atoms with Crippen LogP contribution in [0.3, 0.4) is 0 Å². The fourth-order valence-corrected chi connectivity index (χ4v) is 1.35. The van der Waals surface area contributed by atoms with Crippen molar-refractivity contribution in [1.82, 2.24) is 15.5 Å². The highest BCUT2D eigenvalue weighted by atomic mass is 16.4. The topological polar surface area (TPSA) is 71.2 Å². The summed E-state index contributed by atoms with van der Waals surface area (Å²) in [5.74, 6) is 0.815. The van der Waals surface area contributed by atoms with Crippen LogP contribution in [-0.2, 0) is 5.60 Å². The van der Waals surface area contributed by atoms with Crippen molar-refractivity contribution in [3.05, 3.63) is 11.8 Å². The Morgan fingerprint density at radius 1 is 1.58 bits per heavy atom. The van der Waals surface area contributed by atoms with Gasteiger partial charge in [0.05, 0.1) is 0 Å². The van der Waals surface area contributed by atoms with E-state index in [0.717, 1.165) is 6.54 Å². The second-order valence-corrected chi connectivity index (χ2v) is 3.08. The van der Waals surface area contributed by atoms with E-state index >= 15 is 0 Å². The summed E-state index contributed by atoms with van der Waals surface area (Å²) in [5.41, 5.74) is -0.943. The third-order valence-electron chi connectivity index (χ3n) is 2.06. The first kappa shape index (κ1) is 7.70. The van der Waals surface area contributed by atoms with Crippen LogP contribution in [-0.4, -0.2) is 28.4 Å². The van der Waals surface area contributed by atoms with E-state index in [4.69, 9.17) is 4.42 Å². The van der Waals surface area contributed by atoms with Crippen LogP contribution in [0.25, 0.3) is 0 Å². The Kier molecular flexibility index (Phi) is 1.62. The van der Waals surface area contributed by atoms with Gasteiger partial charge in [-0.3, -0.25) is 0 Å². The second-order valence-electron chi connectivity index (χ2n) is 3.08. The van der Waals surface area contributed by atoms with Gasteiger partial charge in [-0.05, 0) is 13.0 Å². The third-order valence-corrected chi connectivity index (χ3v) is 2.06. The average molecular weight is 169 g/mol. The number of nitrogens with zero attached hydrogens (tertiary/aromatic N) is 2. The summed E-state index contributed by atoms with van der Waals surface area (Å²) in [7, 11) is 0. The first-order chi connectivity index (χ1) is 5.71. The van der Waals surface area contributed by atoms with Crippen LogP contribution >= 0.6 is 0 Å². The molecule has 1 aromatic heterocycles. The molecule has 1 atom stereocenters. The molecule has 1 saturated heterocycles. The van der Waals surface area contributed by atoms with Crippen LogP contribution in [0.1, 0.15) is 18.2 Å². The highest BCUT2D eigenvalue weighted by molar-refractivity contribution is 5.01. The molecule has 0 unspecified atom stereocenters. The van der Waals surface area contributed by atoms with Gasteiger partial charge in [0.15, 0.2) is 5.60 Å². The molecule has 2 rings (SSSR count). The van der Waals surface area contributed by atoms with Crippen LogP contribution in [0, 0.1) is 6.92 Å². The molecule has 66 valence electrons. The molecular weight excluding hydrogens is 158 g/mol. The minimum atomic E-state index is -0.943. The van der Waals surface area contributed by atoms with Crippen molar-refractivity contribution in [3.8, 4) is 0 Å². The smallest absolute Gasteiger partial charge is 0.249 e. The number of aromatic nitrogens is 2. The molecule has 0 aliphatic carbocycles. The van der Waals surface area contributed by atoms with Crippen molar-refractivity contribution in [2.24, 2.45) is 0 Å². The molecule has 5 nitrogen and oxygen atoms in total. The van der Waals surface area contributed by atoms with Crippen LogP contribution in [0.5, 0.6) is 0 Å². The SMILES string of the molecule is Cc1nnc([C@]2(O)CCNC2)o1. The summed E-state index contributed by atoms with van der Waals surface area (Å²) in [6.45, 7) is 2.99. The van der Waals surface area contributed by atoms with E-state index < -0.39 is 5.60 Å². The number of rotatable bonds is 1. The van der Waals surface area contributed by atoms with Gasteiger partial charge < -0.3 is 14.8 Å². The molecule has 2 heterocycles. The summed E-state index contributed by atoms with van der Waals surface area (Å²) >= 11 is 0. The second kappa shape index (κ2) is 2.53. The van der Waals surface area contributed by atoms with Gasteiger partial charge in [0.1, 0.15) is 0 Å². The van der Waals surface area contributed by atoms with E-state index in [2.05, 4.69) is 15.5 Å². The molecule has 12 heavy (non-hydrogen) atoms.